The summed E-state index contributed by atoms with van der Waals surface area (Å²) in [6.45, 7) is 2.52. The Bertz CT molecular complexity index is 1070. The maximum atomic E-state index is 12.5. The predicted molar refractivity (Wildman–Crippen MR) is 111 cm³/mol. The molecule has 0 unspecified atom stereocenters. The first-order valence-corrected chi connectivity index (χ1v) is 9.98. The van der Waals surface area contributed by atoms with Crippen molar-refractivity contribution in [2.24, 2.45) is 0 Å². The molecule has 1 heterocycles. The number of non-ortho nitro benzene ring substituents is 1. The van der Waals surface area contributed by atoms with E-state index in [0.29, 0.717) is 33.9 Å². The number of benzene rings is 2. The van der Waals surface area contributed by atoms with Crippen LogP contribution in [-0.2, 0) is 6.54 Å². The van der Waals surface area contributed by atoms with Gasteiger partial charge in [0.15, 0.2) is 16.8 Å². The van der Waals surface area contributed by atoms with E-state index in [9.17, 15) is 14.9 Å². The van der Waals surface area contributed by atoms with Gasteiger partial charge in [-0.05, 0) is 25.1 Å². The summed E-state index contributed by atoms with van der Waals surface area (Å²) in [5, 5.41) is 20.4. The average Bonchev–Trinajstić information content (AvgIpc) is 3.14. The van der Waals surface area contributed by atoms with Crippen molar-refractivity contribution >= 4 is 34.8 Å². The van der Waals surface area contributed by atoms with Gasteiger partial charge >= 0.3 is 0 Å². The Balaban J connectivity index is 1.83. The van der Waals surface area contributed by atoms with Gasteiger partial charge in [-0.25, -0.2) is 0 Å². The second kappa shape index (κ2) is 9.06. The summed E-state index contributed by atoms with van der Waals surface area (Å²) in [5.41, 5.74) is 0.866. The van der Waals surface area contributed by atoms with E-state index in [4.69, 9.17) is 16.3 Å². The molecule has 0 atom stereocenters. The van der Waals surface area contributed by atoms with Gasteiger partial charge in [-0.15, -0.1) is 10.2 Å². The molecule has 0 saturated carbocycles. The highest BCUT2D eigenvalue weighted by atomic mass is 35.5. The molecule has 29 heavy (non-hydrogen) atoms. The number of hydrogen-bond acceptors (Lipinski definition) is 7. The molecule has 0 N–H and O–H groups in total. The van der Waals surface area contributed by atoms with Gasteiger partial charge in [0.1, 0.15) is 5.75 Å². The number of aromatic nitrogens is 3. The number of nitrogens with zero attached hydrogens (tertiary/aromatic N) is 4. The lowest BCUT2D eigenvalue weighted by Gasteiger charge is -2.11. The maximum absolute atomic E-state index is 12.5. The van der Waals surface area contributed by atoms with Crippen molar-refractivity contribution in [3.8, 4) is 17.1 Å². The SMILES string of the molecule is CCn1c(SCC(=O)c2cccc([N+](=O)[O-])c2)nnc1-c1cc(Cl)ccc1OC. The molecule has 0 fully saturated rings. The molecule has 1 aromatic heterocycles. The van der Waals surface area contributed by atoms with Crippen LogP contribution in [-0.4, -0.2) is 38.3 Å². The third-order valence-corrected chi connectivity index (χ3v) is 5.35. The highest BCUT2D eigenvalue weighted by Crippen LogP contribution is 2.33. The summed E-state index contributed by atoms with van der Waals surface area (Å²) in [4.78, 5) is 22.9. The van der Waals surface area contributed by atoms with Gasteiger partial charge in [0, 0.05) is 29.3 Å². The van der Waals surface area contributed by atoms with Crippen molar-refractivity contribution in [1.29, 1.82) is 0 Å². The number of nitro benzene ring substituents is 1. The molecule has 0 aliphatic rings. The summed E-state index contributed by atoms with van der Waals surface area (Å²) in [5.74, 6) is 1.04. The van der Waals surface area contributed by atoms with E-state index in [1.165, 1.54) is 30.0 Å². The Morgan fingerprint density at radius 3 is 2.76 bits per heavy atom. The number of carbonyl (C=O) groups is 1. The fourth-order valence-corrected chi connectivity index (χ4v) is 3.81. The Morgan fingerprint density at radius 1 is 1.28 bits per heavy atom. The molecule has 0 bridgehead atoms. The van der Waals surface area contributed by atoms with Gasteiger partial charge in [0.25, 0.3) is 5.69 Å². The number of rotatable bonds is 8. The Morgan fingerprint density at radius 2 is 2.07 bits per heavy atom. The number of nitro groups is 1. The van der Waals surface area contributed by atoms with E-state index in [-0.39, 0.29) is 22.8 Å². The molecule has 0 spiro atoms. The van der Waals surface area contributed by atoms with Crippen molar-refractivity contribution in [2.45, 2.75) is 18.6 Å². The number of Topliss-reactive ketones (excluding diaryl/α,β-unsaturated/α-hetero) is 1. The quantitative estimate of drug-likeness (QED) is 0.223. The predicted octanol–water partition coefficient (Wildman–Crippen LogP) is 4.51. The minimum Gasteiger partial charge on any atom is -0.496 e. The van der Waals surface area contributed by atoms with Gasteiger partial charge in [0.05, 0.1) is 23.3 Å². The number of halogens is 1. The molecular formula is C19H17ClN4O4S. The first-order valence-electron chi connectivity index (χ1n) is 8.62. The third kappa shape index (κ3) is 4.57. The van der Waals surface area contributed by atoms with E-state index in [1.54, 1.807) is 31.4 Å². The lowest BCUT2D eigenvalue weighted by molar-refractivity contribution is -0.384. The first-order chi connectivity index (χ1) is 13.9. The molecule has 10 heteroatoms. The fraction of sp³-hybridized carbons (Fsp3) is 0.211. The van der Waals surface area contributed by atoms with E-state index >= 15 is 0 Å². The van der Waals surface area contributed by atoms with E-state index < -0.39 is 4.92 Å². The zero-order valence-corrected chi connectivity index (χ0v) is 17.2. The van der Waals surface area contributed by atoms with Crippen LogP contribution in [0.4, 0.5) is 5.69 Å². The average molecular weight is 433 g/mol. The molecule has 0 aliphatic carbocycles. The van der Waals surface area contributed by atoms with Crippen molar-refractivity contribution in [2.75, 3.05) is 12.9 Å². The minimum absolute atomic E-state index is 0.0754. The van der Waals surface area contributed by atoms with Gasteiger partial charge in [-0.1, -0.05) is 35.5 Å². The largest absolute Gasteiger partial charge is 0.496 e. The van der Waals surface area contributed by atoms with Crippen LogP contribution in [0.2, 0.25) is 5.02 Å². The van der Waals surface area contributed by atoms with Crippen molar-refractivity contribution in [3.63, 3.8) is 0 Å². The summed E-state index contributed by atoms with van der Waals surface area (Å²) in [6, 6.07) is 10.9. The van der Waals surface area contributed by atoms with Crippen molar-refractivity contribution in [1.82, 2.24) is 14.8 Å². The fourth-order valence-electron chi connectivity index (χ4n) is 2.74. The van der Waals surface area contributed by atoms with Crippen molar-refractivity contribution in [3.05, 3.63) is 63.2 Å². The molecule has 0 saturated heterocycles. The zero-order valence-electron chi connectivity index (χ0n) is 15.7. The van der Waals surface area contributed by atoms with Gasteiger partial charge in [-0.3, -0.25) is 14.9 Å². The second-order valence-corrected chi connectivity index (χ2v) is 7.29. The van der Waals surface area contributed by atoms with Crippen LogP contribution in [0, 0.1) is 10.1 Å². The second-order valence-electron chi connectivity index (χ2n) is 5.91. The van der Waals surface area contributed by atoms with Crippen LogP contribution in [0.1, 0.15) is 17.3 Å². The summed E-state index contributed by atoms with van der Waals surface area (Å²) in [6.07, 6.45) is 0. The molecule has 3 aromatic rings. The van der Waals surface area contributed by atoms with Crippen molar-refractivity contribution < 1.29 is 14.5 Å². The highest BCUT2D eigenvalue weighted by molar-refractivity contribution is 7.99. The zero-order chi connectivity index (χ0) is 21.0. The summed E-state index contributed by atoms with van der Waals surface area (Å²) in [7, 11) is 1.56. The smallest absolute Gasteiger partial charge is 0.270 e. The number of ketones is 1. The standard InChI is InChI=1S/C19H17ClN4O4S/c1-3-23-18(15-10-13(20)7-8-17(15)28-2)21-22-19(23)29-11-16(25)12-5-4-6-14(9-12)24(26)27/h4-10H,3,11H2,1-2H3. The molecule has 3 rings (SSSR count). The molecule has 0 amide bonds. The lowest BCUT2D eigenvalue weighted by Crippen LogP contribution is -2.06. The molecule has 150 valence electrons. The van der Waals surface area contributed by atoms with Crippen LogP contribution in [0.25, 0.3) is 11.4 Å². The van der Waals surface area contributed by atoms with Crippen LogP contribution in [0.3, 0.4) is 0 Å². The third-order valence-electron chi connectivity index (χ3n) is 4.15. The molecule has 0 radical (unpaired) electrons. The monoisotopic (exact) mass is 432 g/mol. The highest BCUT2D eigenvalue weighted by Gasteiger charge is 2.19. The minimum atomic E-state index is -0.526. The number of hydrogen-bond donors (Lipinski definition) is 0. The Labute approximate surface area is 176 Å². The molecule has 0 aliphatic heterocycles. The van der Waals surface area contributed by atoms with Gasteiger partial charge in [0.2, 0.25) is 0 Å². The lowest BCUT2D eigenvalue weighted by atomic mass is 10.1. The van der Waals surface area contributed by atoms with Crippen LogP contribution in [0.15, 0.2) is 47.6 Å². The Hall–Kier alpha value is -2.91. The topological polar surface area (TPSA) is 100 Å². The number of ether oxygens (including phenoxy) is 1. The maximum Gasteiger partial charge on any atom is 0.270 e. The number of thioether (sulfide) groups is 1. The number of methoxy groups -OCH3 is 1. The van der Waals surface area contributed by atoms with E-state index in [2.05, 4.69) is 10.2 Å². The van der Waals surface area contributed by atoms with E-state index in [0.717, 1.165) is 0 Å². The summed E-state index contributed by atoms with van der Waals surface area (Å²) < 4.78 is 7.26. The molecule has 8 nitrogen and oxygen atoms in total. The molecular weight excluding hydrogens is 416 g/mol. The van der Waals surface area contributed by atoms with Crippen LogP contribution < -0.4 is 4.74 Å². The van der Waals surface area contributed by atoms with Gasteiger partial charge < -0.3 is 9.30 Å². The van der Waals surface area contributed by atoms with E-state index in [1.807, 2.05) is 11.5 Å². The first kappa shape index (κ1) is 20.8. The summed E-state index contributed by atoms with van der Waals surface area (Å²) >= 11 is 7.34. The van der Waals surface area contributed by atoms with Crippen LogP contribution >= 0.6 is 23.4 Å². The normalized spacial score (nSPS) is 10.7. The molecule has 2 aromatic carbocycles. The number of carbonyl (C=O) groups excluding carboxylic acids is 1. The van der Waals surface area contributed by atoms with Crippen LogP contribution in [0.5, 0.6) is 5.75 Å². The van der Waals surface area contributed by atoms with Gasteiger partial charge in [-0.2, -0.15) is 0 Å². The Kier molecular flexibility index (Phi) is 6.50.